The van der Waals surface area contributed by atoms with Crippen molar-refractivity contribution in [3.63, 3.8) is 0 Å². The molecule has 0 bridgehead atoms. The minimum absolute atomic E-state index is 0.109. The first-order chi connectivity index (χ1) is 17.1. The molecule has 0 spiro atoms. The summed E-state index contributed by atoms with van der Waals surface area (Å²) in [5.41, 5.74) is 3.59. The molecule has 0 aromatic heterocycles. The third kappa shape index (κ3) is 7.27. The number of nitrogens with one attached hydrogen (secondary N) is 2. The van der Waals surface area contributed by atoms with Gasteiger partial charge in [-0.15, -0.1) is 0 Å². The van der Waals surface area contributed by atoms with Gasteiger partial charge in [0.15, 0.2) is 0 Å². The molecule has 0 radical (unpaired) electrons. The summed E-state index contributed by atoms with van der Waals surface area (Å²) < 4.78 is 20.0. The van der Waals surface area contributed by atoms with Crippen LogP contribution in [0.2, 0.25) is 0 Å². The maximum atomic E-state index is 11.9. The van der Waals surface area contributed by atoms with Gasteiger partial charge in [0.1, 0.15) is 26.4 Å². The van der Waals surface area contributed by atoms with Crippen LogP contribution in [0.1, 0.15) is 36.8 Å². The monoisotopic (exact) mass is 480 g/mol. The van der Waals surface area contributed by atoms with E-state index in [2.05, 4.69) is 48.1 Å². The zero-order valence-corrected chi connectivity index (χ0v) is 19.8. The van der Waals surface area contributed by atoms with Gasteiger partial charge in [0.05, 0.1) is 12.5 Å². The molecule has 1 saturated carbocycles. The molecule has 1 fully saturated rings. The summed E-state index contributed by atoms with van der Waals surface area (Å²) in [7, 11) is 0. The Morgan fingerprint density at radius 1 is 0.714 bits per heavy atom. The minimum Gasteiger partial charge on any atom is -0.498 e. The molecular weight excluding hydrogens is 448 g/mol. The molecule has 0 unspecified atom stereocenters. The predicted molar refractivity (Wildman–Crippen MR) is 134 cm³/mol. The van der Waals surface area contributed by atoms with E-state index in [4.69, 9.17) is 18.9 Å². The quantitative estimate of drug-likeness (QED) is 0.287. The van der Waals surface area contributed by atoms with Gasteiger partial charge in [-0.1, -0.05) is 50.3 Å². The maximum absolute atomic E-state index is 11.9. The third-order valence-electron chi connectivity index (χ3n) is 5.93. The van der Waals surface area contributed by atoms with Crippen molar-refractivity contribution in [1.29, 1.82) is 0 Å². The van der Waals surface area contributed by atoms with Gasteiger partial charge in [0.25, 0.3) is 0 Å². The van der Waals surface area contributed by atoms with Crippen molar-refractivity contribution in [3.8, 4) is 0 Å². The Labute approximate surface area is 205 Å². The number of rotatable bonds is 12. The molecule has 186 valence electrons. The Morgan fingerprint density at radius 2 is 1.11 bits per heavy atom. The maximum Gasteiger partial charge on any atom is 0.411 e. The lowest BCUT2D eigenvalue weighted by atomic mass is 9.73. The Hall–Kier alpha value is -3.94. The van der Waals surface area contributed by atoms with Gasteiger partial charge in [-0.2, -0.15) is 0 Å². The predicted octanol–water partition coefficient (Wildman–Crippen LogP) is 5.96. The van der Waals surface area contributed by atoms with E-state index in [0.29, 0.717) is 11.4 Å². The molecule has 8 nitrogen and oxygen atoms in total. The molecule has 0 atom stereocenters. The van der Waals surface area contributed by atoms with Crippen LogP contribution in [-0.4, -0.2) is 38.6 Å². The minimum atomic E-state index is -0.532. The fourth-order valence-electron chi connectivity index (χ4n) is 4.31. The Kier molecular flexibility index (Phi) is 9.59. The molecular formula is C27H32N2O6. The zero-order valence-electron chi connectivity index (χ0n) is 19.8. The first kappa shape index (κ1) is 25.7. The highest BCUT2D eigenvalue weighted by Crippen LogP contribution is 2.46. The topological polar surface area (TPSA) is 95.1 Å². The summed E-state index contributed by atoms with van der Waals surface area (Å²) in [4.78, 5) is 23.9. The van der Waals surface area contributed by atoms with E-state index in [1.54, 1.807) is 0 Å². The Bertz CT molecular complexity index is 906. The van der Waals surface area contributed by atoms with Crippen LogP contribution < -0.4 is 10.6 Å². The highest BCUT2D eigenvalue weighted by atomic mass is 16.6. The van der Waals surface area contributed by atoms with Crippen molar-refractivity contribution in [2.45, 2.75) is 31.1 Å². The summed E-state index contributed by atoms with van der Waals surface area (Å²) in [6.45, 7) is 7.69. The van der Waals surface area contributed by atoms with Gasteiger partial charge in [-0.3, -0.25) is 10.6 Å². The van der Waals surface area contributed by atoms with Gasteiger partial charge >= 0.3 is 12.2 Å². The van der Waals surface area contributed by atoms with Gasteiger partial charge in [-0.25, -0.2) is 9.59 Å². The van der Waals surface area contributed by atoms with Crippen LogP contribution in [-0.2, 0) is 24.4 Å². The SMILES string of the molecule is C=COCCOC(=O)Nc1ccc(C2(c3ccc(NC(=O)OCCOC=C)cc3)CCCC2)cc1. The van der Waals surface area contributed by atoms with Crippen molar-refractivity contribution in [2.75, 3.05) is 37.1 Å². The summed E-state index contributed by atoms with van der Waals surface area (Å²) in [6, 6.07) is 15.8. The number of anilines is 2. The second-order valence-corrected chi connectivity index (χ2v) is 8.04. The summed E-state index contributed by atoms with van der Waals surface area (Å²) in [6.07, 6.45) is 5.88. The average Bonchev–Trinajstić information content (AvgIpc) is 3.37. The second kappa shape index (κ2) is 13.1. The normalized spacial score (nSPS) is 13.8. The lowest BCUT2D eigenvalue weighted by Crippen LogP contribution is -2.24. The number of ether oxygens (including phenoxy) is 4. The Morgan fingerprint density at radius 3 is 1.49 bits per heavy atom. The smallest absolute Gasteiger partial charge is 0.411 e. The molecule has 2 aromatic rings. The lowest BCUT2D eigenvalue weighted by Gasteiger charge is -2.31. The third-order valence-corrected chi connectivity index (χ3v) is 5.93. The van der Waals surface area contributed by atoms with Crippen molar-refractivity contribution in [2.24, 2.45) is 0 Å². The van der Waals surface area contributed by atoms with Crippen LogP contribution >= 0.6 is 0 Å². The number of amides is 2. The van der Waals surface area contributed by atoms with Crippen molar-refractivity contribution >= 4 is 23.6 Å². The van der Waals surface area contributed by atoms with Gasteiger partial charge in [0, 0.05) is 16.8 Å². The van der Waals surface area contributed by atoms with Crippen LogP contribution in [0, 0.1) is 0 Å². The molecule has 1 aliphatic carbocycles. The molecule has 1 aliphatic rings. The zero-order chi connectivity index (χ0) is 24.9. The van der Waals surface area contributed by atoms with Crippen molar-refractivity contribution in [3.05, 3.63) is 85.3 Å². The van der Waals surface area contributed by atoms with E-state index in [1.165, 1.54) is 23.7 Å². The van der Waals surface area contributed by atoms with Gasteiger partial charge < -0.3 is 18.9 Å². The number of benzene rings is 2. The Balaban J connectivity index is 1.63. The number of hydrogen-bond acceptors (Lipinski definition) is 6. The molecule has 0 aliphatic heterocycles. The van der Waals surface area contributed by atoms with E-state index in [0.717, 1.165) is 25.7 Å². The van der Waals surface area contributed by atoms with Crippen LogP contribution in [0.4, 0.5) is 21.0 Å². The highest BCUT2D eigenvalue weighted by Gasteiger charge is 2.37. The van der Waals surface area contributed by atoms with E-state index in [9.17, 15) is 9.59 Å². The first-order valence-electron chi connectivity index (χ1n) is 11.6. The molecule has 2 amide bonds. The van der Waals surface area contributed by atoms with Crippen LogP contribution in [0.25, 0.3) is 0 Å². The molecule has 8 heteroatoms. The van der Waals surface area contributed by atoms with E-state index in [-0.39, 0.29) is 31.8 Å². The lowest BCUT2D eigenvalue weighted by molar-refractivity contribution is 0.123. The van der Waals surface area contributed by atoms with Crippen molar-refractivity contribution < 1.29 is 28.5 Å². The highest BCUT2D eigenvalue weighted by molar-refractivity contribution is 5.85. The van der Waals surface area contributed by atoms with E-state index in [1.807, 2.05) is 24.3 Å². The van der Waals surface area contributed by atoms with Crippen LogP contribution in [0.15, 0.2) is 74.2 Å². The largest absolute Gasteiger partial charge is 0.498 e. The fourth-order valence-corrected chi connectivity index (χ4v) is 4.31. The molecule has 0 saturated heterocycles. The molecule has 35 heavy (non-hydrogen) atoms. The van der Waals surface area contributed by atoms with Crippen LogP contribution in [0.5, 0.6) is 0 Å². The molecule has 3 rings (SSSR count). The molecule has 0 heterocycles. The standard InChI is InChI=1S/C27H32N2O6/c1-3-32-17-19-34-25(30)28-23-11-7-21(8-12-23)27(15-5-6-16-27)22-9-13-24(14-10-22)29-26(31)35-20-18-33-4-2/h3-4,7-14H,1-2,5-6,15-20H2,(H,28,30)(H,29,31). The number of hydrogen-bond donors (Lipinski definition) is 2. The number of carbonyl (C=O) groups is 2. The van der Waals surface area contributed by atoms with Crippen LogP contribution in [0.3, 0.4) is 0 Å². The summed E-state index contributed by atoms with van der Waals surface area (Å²) in [5, 5.41) is 5.46. The summed E-state index contributed by atoms with van der Waals surface area (Å²) in [5.74, 6) is 0. The van der Waals surface area contributed by atoms with Gasteiger partial charge in [0.2, 0.25) is 0 Å². The number of carbonyl (C=O) groups excluding carboxylic acids is 2. The second-order valence-electron chi connectivity index (χ2n) is 8.04. The van der Waals surface area contributed by atoms with Gasteiger partial charge in [-0.05, 0) is 48.2 Å². The fraction of sp³-hybridized carbons (Fsp3) is 0.333. The molecule has 2 N–H and O–H groups in total. The molecule has 2 aromatic carbocycles. The summed E-state index contributed by atoms with van der Waals surface area (Å²) >= 11 is 0. The van der Waals surface area contributed by atoms with E-state index < -0.39 is 12.2 Å². The van der Waals surface area contributed by atoms with Crippen molar-refractivity contribution in [1.82, 2.24) is 0 Å². The van der Waals surface area contributed by atoms with E-state index >= 15 is 0 Å². The average molecular weight is 481 g/mol. The first-order valence-corrected chi connectivity index (χ1v) is 11.6.